The van der Waals surface area contributed by atoms with Crippen LogP contribution in [0.3, 0.4) is 0 Å². The number of benzene rings is 3. The molecule has 0 radical (unpaired) electrons. The number of sulfonamides is 1. The number of nitrogens with one attached hydrogen (secondary N) is 1. The maximum atomic E-state index is 15.5. The Labute approximate surface area is 366 Å². The van der Waals surface area contributed by atoms with Crippen molar-refractivity contribution in [3.63, 3.8) is 0 Å². The molecule has 0 aliphatic carbocycles. The number of thiazole rings is 1. The number of halogens is 8. The van der Waals surface area contributed by atoms with Crippen LogP contribution in [0.1, 0.15) is 51.3 Å². The predicted octanol–water partition coefficient (Wildman–Crippen LogP) is 11.2. The zero-order chi connectivity index (χ0) is 45.9. The Morgan fingerprint density at radius 3 is 2.29 bits per heavy atom. The van der Waals surface area contributed by atoms with Crippen LogP contribution in [0.5, 0.6) is 11.5 Å². The van der Waals surface area contributed by atoms with Gasteiger partial charge in [-0.05, 0) is 105 Å². The highest BCUT2D eigenvalue weighted by Gasteiger charge is 2.43. The van der Waals surface area contributed by atoms with Gasteiger partial charge in [0, 0.05) is 42.8 Å². The van der Waals surface area contributed by atoms with Crippen LogP contribution in [0.25, 0.3) is 22.3 Å². The molecule has 2 aromatic heterocycles. The van der Waals surface area contributed by atoms with Gasteiger partial charge >= 0.3 is 24.4 Å². The van der Waals surface area contributed by atoms with Gasteiger partial charge in [0.25, 0.3) is 10.0 Å². The Hall–Kier alpha value is -5.47. The van der Waals surface area contributed by atoms with Crippen LogP contribution in [-0.4, -0.2) is 71.6 Å². The molecule has 5 aromatic rings. The van der Waals surface area contributed by atoms with Crippen LogP contribution in [0.2, 0.25) is 5.02 Å². The highest BCUT2D eigenvalue weighted by atomic mass is 35.5. The molecule has 0 saturated carbocycles. The average molecular weight is 942 g/mol. The lowest BCUT2D eigenvalue weighted by molar-refractivity contribution is -0.186. The average Bonchev–Trinajstić information content (AvgIpc) is 3.72. The molecule has 1 aliphatic rings. The number of nitrogens with zero attached hydrogens (tertiary/aromatic N) is 4. The minimum absolute atomic E-state index is 0.0275. The molecule has 1 fully saturated rings. The molecule has 0 atom stereocenters. The van der Waals surface area contributed by atoms with Crippen molar-refractivity contribution in [3.05, 3.63) is 106 Å². The summed E-state index contributed by atoms with van der Waals surface area (Å²) in [6, 6.07) is 13.9. The van der Waals surface area contributed by atoms with Gasteiger partial charge in [-0.15, -0.1) is 11.3 Å². The topological polar surface area (TPSA) is 131 Å². The summed E-state index contributed by atoms with van der Waals surface area (Å²) in [6.45, 7) is 4.87. The third kappa shape index (κ3) is 12.2. The molecule has 11 nitrogen and oxygen atoms in total. The normalized spacial score (nSPS) is 14.0. The second-order valence-corrected chi connectivity index (χ2v) is 18.3. The van der Waals surface area contributed by atoms with Crippen molar-refractivity contribution < 1.29 is 58.2 Å². The fourth-order valence-electron chi connectivity index (χ4n) is 6.70. The van der Waals surface area contributed by atoms with E-state index in [4.69, 9.17) is 21.1 Å². The molecule has 1 aliphatic heterocycles. The first-order valence-corrected chi connectivity index (χ1v) is 22.0. The number of anilines is 1. The lowest BCUT2D eigenvalue weighted by Crippen LogP contribution is -2.45. The van der Waals surface area contributed by atoms with Gasteiger partial charge in [-0.25, -0.2) is 22.6 Å². The number of carbonyl (C=O) groups excluding carboxylic acids is 2. The highest BCUT2D eigenvalue weighted by Crippen LogP contribution is 2.41. The Bertz CT molecular complexity index is 2560. The number of pyridine rings is 1. The number of alkyl halides is 6. The summed E-state index contributed by atoms with van der Waals surface area (Å²) in [5, 5.41) is 1.10. The first kappa shape index (κ1) is 47.0. The van der Waals surface area contributed by atoms with Gasteiger partial charge in [0.1, 0.15) is 27.8 Å². The van der Waals surface area contributed by atoms with Gasteiger partial charge in [0.2, 0.25) is 0 Å². The number of aromatic nitrogens is 2. The largest absolute Gasteiger partial charge is 0.471 e. The van der Waals surface area contributed by atoms with Crippen molar-refractivity contribution >= 4 is 50.8 Å². The van der Waals surface area contributed by atoms with E-state index in [9.17, 15) is 44.3 Å². The van der Waals surface area contributed by atoms with Gasteiger partial charge < -0.3 is 19.3 Å². The van der Waals surface area contributed by atoms with Crippen molar-refractivity contribution in [1.29, 1.82) is 0 Å². The summed E-state index contributed by atoms with van der Waals surface area (Å²) < 4.78 is 136. The molecule has 0 unspecified atom stereocenters. The van der Waals surface area contributed by atoms with Gasteiger partial charge in [-0.3, -0.25) is 14.5 Å². The van der Waals surface area contributed by atoms with Crippen LogP contribution in [-0.2, 0) is 32.3 Å². The van der Waals surface area contributed by atoms with E-state index in [1.165, 1.54) is 52.3 Å². The fourth-order valence-corrected chi connectivity index (χ4v) is 8.61. The molecule has 1 saturated heterocycles. The molecule has 1 N–H and O–H groups in total. The number of piperidine rings is 1. The highest BCUT2D eigenvalue weighted by molar-refractivity contribution is 7.92. The molecule has 336 valence electrons. The number of likely N-dealkylation sites (tertiary alicyclic amines) is 1. The van der Waals surface area contributed by atoms with Crippen LogP contribution in [0, 0.1) is 11.7 Å². The van der Waals surface area contributed by atoms with E-state index in [-0.39, 0.29) is 65.6 Å². The Balaban J connectivity index is 1.32. The van der Waals surface area contributed by atoms with Gasteiger partial charge in [-0.2, -0.15) is 26.3 Å². The quantitative estimate of drug-likeness (QED) is 0.122. The number of ether oxygens (including phenoxy) is 2. The number of amides is 2. The lowest BCUT2D eigenvalue weighted by Gasteiger charge is -2.34. The fraction of sp³-hybridized carbons (Fsp3) is 0.333. The van der Waals surface area contributed by atoms with Crippen molar-refractivity contribution in [2.45, 2.75) is 69.4 Å². The summed E-state index contributed by atoms with van der Waals surface area (Å²) in [7, 11) is -4.48. The molecule has 3 aromatic carbocycles. The standard InChI is InChI=1S/C42H39ClF7N5O6S2/c1-40(2,3)61-39(57)55(16-12-25-10-14-54(15-11-25)38(56)42(48,49)50)22-30-18-28(9-13-51-30)31-19-27(26-5-4-6-29(17-26)41(45,46)47)7-8-34(31)60-35-21-33(44)36(20-32(35)43)63(58,59)53-37-23-62-24-52-37/h4-9,13,17-21,23-25,53H,10-12,14-16,22H2,1-3H3. The van der Waals surface area contributed by atoms with Gasteiger partial charge in [-0.1, -0.05) is 29.8 Å². The van der Waals surface area contributed by atoms with E-state index in [1.807, 2.05) is 0 Å². The Kier molecular flexibility index (Phi) is 14.0. The maximum absolute atomic E-state index is 15.5. The third-order valence-corrected chi connectivity index (χ3v) is 12.0. The van der Waals surface area contributed by atoms with Crippen molar-refractivity contribution in [3.8, 4) is 33.8 Å². The van der Waals surface area contributed by atoms with E-state index in [2.05, 4.69) is 14.7 Å². The summed E-state index contributed by atoms with van der Waals surface area (Å²) >= 11 is 7.59. The number of carbonyl (C=O) groups is 2. The molecule has 0 spiro atoms. The number of hydrogen-bond donors (Lipinski definition) is 1. The van der Waals surface area contributed by atoms with Crippen LogP contribution in [0.4, 0.5) is 41.3 Å². The molecular weight excluding hydrogens is 903 g/mol. The smallest absolute Gasteiger partial charge is 0.455 e. The molecular formula is C42H39ClF7N5O6S2. The summed E-state index contributed by atoms with van der Waals surface area (Å²) in [5.74, 6) is -3.52. The maximum Gasteiger partial charge on any atom is 0.471 e. The zero-order valence-corrected chi connectivity index (χ0v) is 36.1. The molecule has 63 heavy (non-hydrogen) atoms. The van der Waals surface area contributed by atoms with Gasteiger partial charge in [0.05, 0.1) is 28.3 Å². The van der Waals surface area contributed by atoms with E-state index in [0.717, 1.165) is 40.5 Å². The van der Waals surface area contributed by atoms with E-state index in [1.54, 1.807) is 32.9 Å². The molecule has 0 bridgehead atoms. The Morgan fingerprint density at radius 2 is 1.63 bits per heavy atom. The zero-order valence-electron chi connectivity index (χ0n) is 33.7. The van der Waals surface area contributed by atoms with Crippen molar-refractivity contribution in [2.75, 3.05) is 24.4 Å². The Morgan fingerprint density at radius 1 is 0.921 bits per heavy atom. The molecule has 2 amide bonds. The van der Waals surface area contributed by atoms with E-state index < -0.39 is 56.3 Å². The SMILES string of the molecule is CC(C)(C)OC(=O)N(CCC1CCN(C(=O)C(F)(F)F)CC1)Cc1cc(-c2cc(-c3cccc(C(F)(F)F)c3)ccc2Oc2cc(F)c(S(=O)(=O)Nc3cscn3)cc2Cl)ccn1. The molecule has 6 rings (SSSR count). The third-order valence-electron chi connectivity index (χ3n) is 9.75. The monoisotopic (exact) mass is 941 g/mol. The summed E-state index contributed by atoms with van der Waals surface area (Å²) in [4.78, 5) is 34.9. The van der Waals surface area contributed by atoms with Crippen LogP contribution < -0.4 is 9.46 Å². The van der Waals surface area contributed by atoms with Crippen LogP contribution in [0.15, 0.2) is 88.7 Å². The minimum atomic E-state index is -4.98. The van der Waals surface area contributed by atoms with E-state index >= 15 is 4.39 Å². The van der Waals surface area contributed by atoms with Crippen molar-refractivity contribution in [1.82, 2.24) is 19.8 Å². The summed E-state index contributed by atoms with van der Waals surface area (Å²) in [6.07, 6.45) is -7.93. The minimum Gasteiger partial charge on any atom is -0.455 e. The second-order valence-electron chi connectivity index (χ2n) is 15.5. The van der Waals surface area contributed by atoms with Crippen molar-refractivity contribution in [2.24, 2.45) is 5.92 Å². The molecule has 3 heterocycles. The van der Waals surface area contributed by atoms with Gasteiger partial charge in [0.15, 0.2) is 5.82 Å². The number of rotatable bonds is 12. The first-order valence-electron chi connectivity index (χ1n) is 19.2. The van der Waals surface area contributed by atoms with Crippen LogP contribution >= 0.6 is 22.9 Å². The van der Waals surface area contributed by atoms with E-state index in [0.29, 0.717) is 36.1 Å². The summed E-state index contributed by atoms with van der Waals surface area (Å²) in [5.41, 5.74) is 1.08. The second kappa shape index (κ2) is 18.7. The first-order chi connectivity index (χ1) is 29.5. The lowest BCUT2D eigenvalue weighted by atomic mass is 9.93. The molecule has 21 heteroatoms. The predicted molar refractivity (Wildman–Crippen MR) is 221 cm³/mol. The number of hydrogen-bond acceptors (Lipinski definition) is 9.